The first-order valence-electron chi connectivity index (χ1n) is 7.06. The molecule has 0 aliphatic heterocycles. The Balaban J connectivity index is 1.69. The van der Waals surface area contributed by atoms with Crippen molar-refractivity contribution in [1.82, 2.24) is 10.3 Å². The van der Waals surface area contributed by atoms with Crippen LogP contribution >= 0.6 is 11.8 Å². The Morgan fingerprint density at radius 1 is 1.10 bits per heavy atom. The largest absolute Gasteiger partial charge is 0.431 e. The van der Waals surface area contributed by atoms with Crippen LogP contribution in [0.3, 0.4) is 0 Å². The van der Waals surface area contributed by atoms with Crippen molar-refractivity contribution in [2.45, 2.75) is 36.6 Å². The molecule has 0 radical (unpaired) electrons. The molecule has 3 nitrogen and oxygen atoms in total. The van der Waals surface area contributed by atoms with Crippen LogP contribution in [0, 0.1) is 0 Å². The van der Waals surface area contributed by atoms with Gasteiger partial charge < -0.3 is 9.73 Å². The van der Waals surface area contributed by atoms with Crippen molar-refractivity contribution in [3.8, 4) is 0 Å². The van der Waals surface area contributed by atoms with E-state index in [0.29, 0.717) is 11.3 Å². The zero-order chi connectivity index (χ0) is 14.7. The molecule has 0 saturated heterocycles. The molecular weight excluding hydrogens is 280 g/mol. The summed E-state index contributed by atoms with van der Waals surface area (Å²) in [4.78, 5) is 5.61. The van der Waals surface area contributed by atoms with E-state index in [2.05, 4.69) is 48.4 Å². The molecule has 1 heterocycles. The van der Waals surface area contributed by atoms with Crippen molar-refractivity contribution >= 4 is 22.9 Å². The summed E-state index contributed by atoms with van der Waals surface area (Å²) < 4.78 is 5.72. The Labute approximate surface area is 128 Å². The average molecular weight is 298 g/mol. The minimum absolute atomic E-state index is 0.499. The molecule has 0 atom stereocenters. The van der Waals surface area contributed by atoms with Gasteiger partial charge in [-0.25, -0.2) is 4.98 Å². The minimum Gasteiger partial charge on any atom is -0.431 e. The number of oxazole rings is 1. The monoisotopic (exact) mass is 298 g/mol. The first-order chi connectivity index (χ1) is 10.2. The molecule has 3 rings (SSSR count). The van der Waals surface area contributed by atoms with Gasteiger partial charge in [0, 0.05) is 17.5 Å². The summed E-state index contributed by atoms with van der Waals surface area (Å²) in [5, 5.41) is 4.10. The van der Waals surface area contributed by atoms with Crippen LogP contribution < -0.4 is 5.32 Å². The Morgan fingerprint density at radius 2 is 1.86 bits per heavy atom. The van der Waals surface area contributed by atoms with Gasteiger partial charge in [-0.15, -0.1) is 0 Å². The highest BCUT2D eigenvalue weighted by molar-refractivity contribution is 7.99. The molecule has 1 aromatic heterocycles. The number of rotatable bonds is 5. The van der Waals surface area contributed by atoms with Crippen LogP contribution in [0.2, 0.25) is 0 Å². The summed E-state index contributed by atoms with van der Waals surface area (Å²) in [5.74, 6) is 0. The summed E-state index contributed by atoms with van der Waals surface area (Å²) in [5.41, 5.74) is 3.01. The number of hydrogen-bond acceptors (Lipinski definition) is 4. The van der Waals surface area contributed by atoms with E-state index in [1.165, 1.54) is 5.56 Å². The smallest absolute Gasteiger partial charge is 0.261 e. The number of fused-ring (bicyclic) bond motifs is 1. The number of benzene rings is 2. The van der Waals surface area contributed by atoms with Crippen LogP contribution in [0.4, 0.5) is 0 Å². The summed E-state index contributed by atoms with van der Waals surface area (Å²) in [6.45, 7) is 5.19. The van der Waals surface area contributed by atoms with Gasteiger partial charge in [0.25, 0.3) is 5.22 Å². The van der Waals surface area contributed by atoms with Crippen LogP contribution in [0.5, 0.6) is 0 Å². The summed E-state index contributed by atoms with van der Waals surface area (Å²) in [6.07, 6.45) is 0. The van der Waals surface area contributed by atoms with E-state index in [4.69, 9.17) is 4.42 Å². The van der Waals surface area contributed by atoms with Gasteiger partial charge in [-0.3, -0.25) is 0 Å². The van der Waals surface area contributed by atoms with Crippen molar-refractivity contribution in [3.05, 3.63) is 54.1 Å². The topological polar surface area (TPSA) is 38.1 Å². The molecule has 3 aromatic rings. The van der Waals surface area contributed by atoms with Gasteiger partial charge in [-0.2, -0.15) is 0 Å². The van der Waals surface area contributed by atoms with Crippen LogP contribution in [-0.4, -0.2) is 11.0 Å². The van der Waals surface area contributed by atoms with Crippen LogP contribution in [0.15, 0.2) is 63.1 Å². The molecular formula is C17H18N2OS. The Kier molecular flexibility index (Phi) is 4.27. The standard InChI is InChI=1S/C17H18N2OS/c1-12(2)18-11-13-7-9-14(10-8-13)21-17-19-15-5-3-4-6-16(15)20-17/h3-10,12,18H,11H2,1-2H3. The second-order valence-electron chi connectivity index (χ2n) is 5.23. The van der Waals surface area contributed by atoms with Gasteiger partial charge in [0.1, 0.15) is 5.52 Å². The lowest BCUT2D eigenvalue weighted by Crippen LogP contribution is -2.21. The normalized spacial score (nSPS) is 11.4. The fourth-order valence-electron chi connectivity index (χ4n) is 1.99. The molecule has 2 aromatic carbocycles. The molecule has 0 bridgehead atoms. The van der Waals surface area contributed by atoms with Gasteiger partial charge in [-0.05, 0) is 41.6 Å². The van der Waals surface area contributed by atoms with E-state index in [0.717, 1.165) is 22.5 Å². The predicted octanol–water partition coefficient (Wildman–Crippen LogP) is 4.48. The highest BCUT2D eigenvalue weighted by Crippen LogP contribution is 2.29. The third kappa shape index (κ3) is 3.65. The van der Waals surface area contributed by atoms with Gasteiger partial charge in [0.05, 0.1) is 0 Å². The lowest BCUT2D eigenvalue weighted by atomic mass is 10.2. The van der Waals surface area contributed by atoms with Gasteiger partial charge in [0.2, 0.25) is 0 Å². The van der Waals surface area contributed by atoms with Crippen LogP contribution in [0.1, 0.15) is 19.4 Å². The fourth-order valence-corrected chi connectivity index (χ4v) is 2.74. The quantitative estimate of drug-likeness (QED) is 0.754. The van der Waals surface area contributed by atoms with Gasteiger partial charge >= 0.3 is 0 Å². The van der Waals surface area contributed by atoms with Crippen molar-refractivity contribution in [2.75, 3.05) is 0 Å². The van der Waals surface area contributed by atoms with Crippen molar-refractivity contribution in [3.63, 3.8) is 0 Å². The van der Waals surface area contributed by atoms with E-state index in [1.54, 1.807) is 11.8 Å². The summed E-state index contributed by atoms with van der Waals surface area (Å²) in [6, 6.07) is 16.8. The maximum absolute atomic E-state index is 5.72. The Morgan fingerprint density at radius 3 is 2.57 bits per heavy atom. The second kappa shape index (κ2) is 6.33. The first-order valence-corrected chi connectivity index (χ1v) is 7.88. The third-order valence-corrected chi connectivity index (χ3v) is 3.97. The van der Waals surface area contributed by atoms with Gasteiger partial charge in [0.15, 0.2) is 5.58 Å². The van der Waals surface area contributed by atoms with Crippen molar-refractivity contribution < 1.29 is 4.42 Å². The molecule has 0 unspecified atom stereocenters. The maximum Gasteiger partial charge on any atom is 0.261 e. The number of nitrogens with zero attached hydrogens (tertiary/aromatic N) is 1. The van der Waals surface area contributed by atoms with E-state index in [-0.39, 0.29) is 0 Å². The van der Waals surface area contributed by atoms with Crippen LogP contribution in [0.25, 0.3) is 11.1 Å². The zero-order valence-electron chi connectivity index (χ0n) is 12.2. The summed E-state index contributed by atoms with van der Waals surface area (Å²) in [7, 11) is 0. The predicted molar refractivity (Wildman–Crippen MR) is 86.5 cm³/mol. The number of para-hydroxylation sites is 2. The number of aromatic nitrogens is 1. The zero-order valence-corrected chi connectivity index (χ0v) is 13.0. The fraction of sp³-hybridized carbons (Fsp3) is 0.235. The number of nitrogens with one attached hydrogen (secondary N) is 1. The third-order valence-electron chi connectivity index (χ3n) is 3.12. The molecule has 0 saturated carbocycles. The Hall–Kier alpha value is -1.78. The van der Waals surface area contributed by atoms with E-state index >= 15 is 0 Å². The van der Waals surface area contributed by atoms with E-state index < -0.39 is 0 Å². The summed E-state index contributed by atoms with van der Waals surface area (Å²) >= 11 is 1.55. The molecule has 0 spiro atoms. The van der Waals surface area contributed by atoms with Crippen molar-refractivity contribution in [2.24, 2.45) is 0 Å². The molecule has 0 fully saturated rings. The Bertz CT molecular complexity index is 686. The minimum atomic E-state index is 0.499. The second-order valence-corrected chi connectivity index (χ2v) is 6.25. The van der Waals surface area contributed by atoms with E-state index in [9.17, 15) is 0 Å². The first kappa shape index (κ1) is 14.2. The van der Waals surface area contributed by atoms with Gasteiger partial charge in [-0.1, -0.05) is 38.1 Å². The lowest BCUT2D eigenvalue weighted by Gasteiger charge is -2.08. The lowest BCUT2D eigenvalue weighted by molar-refractivity contribution is 0.489. The average Bonchev–Trinajstić information content (AvgIpc) is 2.88. The number of hydrogen-bond donors (Lipinski definition) is 1. The molecule has 0 aliphatic rings. The van der Waals surface area contributed by atoms with Crippen LogP contribution in [-0.2, 0) is 6.54 Å². The highest BCUT2D eigenvalue weighted by Gasteiger charge is 2.07. The van der Waals surface area contributed by atoms with Crippen molar-refractivity contribution in [1.29, 1.82) is 0 Å². The molecule has 21 heavy (non-hydrogen) atoms. The molecule has 108 valence electrons. The van der Waals surface area contributed by atoms with E-state index in [1.807, 2.05) is 24.3 Å². The molecule has 0 aliphatic carbocycles. The molecule has 0 amide bonds. The SMILES string of the molecule is CC(C)NCc1ccc(Sc2nc3ccccc3o2)cc1. The highest BCUT2D eigenvalue weighted by atomic mass is 32.2. The molecule has 4 heteroatoms. The maximum atomic E-state index is 5.72. The molecule has 1 N–H and O–H groups in total.